The van der Waals surface area contributed by atoms with E-state index >= 15 is 0 Å². The number of hydrogen-bond acceptors (Lipinski definition) is 10. The van der Waals surface area contributed by atoms with Gasteiger partial charge in [-0.3, -0.25) is 14.9 Å². The van der Waals surface area contributed by atoms with E-state index in [1.165, 1.54) is 57.9 Å². The number of hydrazone groups is 1. The lowest BCUT2D eigenvalue weighted by Gasteiger charge is -2.13. The average Bonchev–Trinajstić information content (AvgIpc) is 2.91. The Kier molecular flexibility index (Phi) is 8.97. The summed E-state index contributed by atoms with van der Waals surface area (Å²) < 4.78 is 26.3. The van der Waals surface area contributed by atoms with Crippen LogP contribution in [0, 0.1) is 10.1 Å². The van der Waals surface area contributed by atoms with Crippen molar-refractivity contribution in [3.63, 3.8) is 0 Å². The number of amides is 1. The number of nitrogens with zero attached hydrogens (tertiary/aromatic N) is 2. The largest absolute Gasteiger partial charge is 0.493 e. The van der Waals surface area contributed by atoms with Crippen LogP contribution in [0.4, 0.5) is 5.69 Å². The number of para-hydroxylation sites is 2. The first-order valence-electron chi connectivity index (χ1n) is 10.7. The SMILES string of the molecule is COc1cc(C(=O)Oc2ccc(/C=N/NC(=O)COc3ccccc3[N+](=O)[O-])cc2)cc(OC)c1OC. The van der Waals surface area contributed by atoms with E-state index < -0.39 is 23.4 Å². The highest BCUT2D eigenvalue weighted by atomic mass is 16.6. The molecule has 0 unspecified atom stereocenters. The molecule has 0 bridgehead atoms. The van der Waals surface area contributed by atoms with Crippen molar-refractivity contribution in [3.8, 4) is 28.7 Å². The highest BCUT2D eigenvalue weighted by Crippen LogP contribution is 2.38. The molecular weight excluding hydrogens is 486 g/mol. The number of nitrogens with one attached hydrogen (secondary N) is 1. The molecule has 1 N–H and O–H groups in total. The Bertz CT molecular complexity index is 1280. The van der Waals surface area contributed by atoms with E-state index in [9.17, 15) is 19.7 Å². The number of nitro groups is 1. The third-order valence-corrected chi connectivity index (χ3v) is 4.81. The number of carbonyl (C=O) groups excluding carboxylic acids is 2. The van der Waals surface area contributed by atoms with E-state index in [0.29, 0.717) is 22.8 Å². The van der Waals surface area contributed by atoms with Crippen LogP contribution in [-0.4, -0.2) is 51.0 Å². The molecule has 0 atom stereocenters. The van der Waals surface area contributed by atoms with Gasteiger partial charge in [-0.05, 0) is 48.0 Å². The smallest absolute Gasteiger partial charge is 0.343 e. The molecule has 3 rings (SSSR count). The number of nitro benzene ring substituents is 1. The molecule has 37 heavy (non-hydrogen) atoms. The second kappa shape index (κ2) is 12.5. The predicted octanol–water partition coefficient (Wildman–Crippen LogP) is 3.37. The van der Waals surface area contributed by atoms with Gasteiger partial charge in [-0.25, -0.2) is 10.2 Å². The number of methoxy groups -OCH3 is 3. The highest BCUT2D eigenvalue weighted by Gasteiger charge is 2.18. The molecule has 12 nitrogen and oxygen atoms in total. The normalized spacial score (nSPS) is 10.5. The summed E-state index contributed by atoms with van der Waals surface area (Å²) >= 11 is 0. The van der Waals surface area contributed by atoms with Crippen LogP contribution in [0.3, 0.4) is 0 Å². The topological polar surface area (TPSA) is 148 Å². The summed E-state index contributed by atoms with van der Waals surface area (Å²) in [7, 11) is 4.34. The first-order valence-corrected chi connectivity index (χ1v) is 10.7. The van der Waals surface area contributed by atoms with Crippen molar-refractivity contribution in [1.82, 2.24) is 5.43 Å². The van der Waals surface area contributed by atoms with Gasteiger partial charge in [-0.2, -0.15) is 5.10 Å². The Morgan fingerprint density at radius 3 is 2.19 bits per heavy atom. The van der Waals surface area contributed by atoms with Gasteiger partial charge in [0.05, 0.1) is 38.0 Å². The zero-order valence-electron chi connectivity index (χ0n) is 20.1. The molecule has 0 heterocycles. The number of rotatable bonds is 11. The zero-order valence-corrected chi connectivity index (χ0v) is 20.1. The fourth-order valence-electron chi connectivity index (χ4n) is 3.07. The molecule has 0 saturated carbocycles. The average molecular weight is 509 g/mol. The Morgan fingerprint density at radius 1 is 0.946 bits per heavy atom. The number of benzene rings is 3. The summed E-state index contributed by atoms with van der Waals surface area (Å²) in [6.07, 6.45) is 1.37. The summed E-state index contributed by atoms with van der Waals surface area (Å²) in [5.41, 5.74) is 2.82. The number of ether oxygens (including phenoxy) is 5. The lowest BCUT2D eigenvalue weighted by atomic mass is 10.2. The lowest BCUT2D eigenvalue weighted by molar-refractivity contribution is -0.385. The van der Waals surface area contributed by atoms with E-state index in [2.05, 4.69) is 10.5 Å². The summed E-state index contributed by atoms with van der Waals surface area (Å²) in [5.74, 6) is -0.00667. The molecule has 0 saturated heterocycles. The van der Waals surface area contributed by atoms with E-state index in [1.54, 1.807) is 30.3 Å². The Morgan fingerprint density at radius 2 is 1.59 bits per heavy atom. The molecule has 0 fully saturated rings. The van der Waals surface area contributed by atoms with E-state index in [4.69, 9.17) is 23.7 Å². The van der Waals surface area contributed by atoms with Gasteiger partial charge in [0.2, 0.25) is 5.75 Å². The molecule has 0 radical (unpaired) electrons. The summed E-state index contributed by atoms with van der Waals surface area (Å²) in [6.45, 7) is -0.460. The van der Waals surface area contributed by atoms with Crippen molar-refractivity contribution in [2.24, 2.45) is 5.10 Å². The van der Waals surface area contributed by atoms with Crippen LogP contribution < -0.4 is 29.1 Å². The minimum atomic E-state index is -0.633. The van der Waals surface area contributed by atoms with Crippen LogP contribution in [-0.2, 0) is 4.79 Å². The molecule has 3 aromatic carbocycles. The second-order valence-corrected chi connectivity index (χ2v) is 7.18. The minimum absolute atomic E-state index is 0.0247. The van der Waals surface area contributed by atoms with Crippen LogP contribution in [0.5, 0.6) is 28.7 Å². The zero-order chi connectivity index (χ0) is 26.8. The van der Waals surface area contributed by atoms with Crippen molar-refractivity contribution in [2.75, 3.05) is 27.9 Å². The first-order chi connectivity index (χ1) is 17.9. The second-order valence-electron chi connectivity index (χ2n) is 7.18. The molecule has 3 aromatic rings. The summed E-state index contributed by atoms with van der Waals surface area (Å²) in [4.78, 5) is 34.9. The van der Waals surface area contributed by atoms with Gasteiger partial charge in [0.25, 0.3) is 5.91 Å². The maximum absolute atomic E-state index is 12.6. The van der Waals surface area contributed by atoms with E-state index in [0.717, 1.165) is 0 Å². The van der Waals surface area contributed by atoms with Gasteiger partial charge in [-0.1, -0.05) is 12.1 Å². The van der Waals surface area contributed by atoms with Crippen LogP contribution in [0.15, 0.2) is 65.8 Å². The molecule has 0 aliphatic rings. The van der Waals surface area contributed by atoms with E-state index in [1.807, 2.05) is 0 Å². The number of hydrogen-bond donors (Lipinski definition) is 1. The van der Waals surface area contributed by atoms with Crippen LogP contribution in [0.25, 0.3) is 0 Å². The standard InChI is InChI=1S/C25H23N3O9/c1-33-21-12-17(13-22(34-2)24(21)35-3)25(30)37-18-10-8-16(9-11-18)14-26-27-23(29)15-36-20-7-5-4-6-19(20)28(31)32/h4-14H,15H2,1-3H3,(H,27,29)/b26-14+. The van der Waals surface area contributed by atoms with Gasteiger partial charge in [-0.15, -0.1) is 0 Å². The van der Waals surface area contributed by atoms with Crippen molar-refractivity contribution >= 4 is 23.8 Å². The van der Waals surface area contributed by atoms with Gasteiger partial charge < -0.3 is 23.7 Å². The maximum atomic E-state index is 12.6. The minimum Gasteiger partial charge on any atom is -0.493 e. The van der Waals surface area contributed by atoms with Crippen LogP contribution in [0.1, 0.15) is 15.9 Å². The van der Waals surface area contributed by atoms with Crippen LogP contribution in [0.2, 0.25) is 0 Å². The number of esters is 1. The predicted molar refractivity (Wildman–Crippen MR) is 132 cm³/mol. The molecule has 0 spiro atoms. The molecule has 0 aliphatic heterocycles. The van der Waals surface area contributed by atoms with E-state index in [-0.39, 0.29) is 22.7 Å². The van der Waals surface area contributed by atoms with Crippen molar-refractivity contribution in [2.45, 2.75) is 0 Å². The molecule has 0 aliphatic carbocycles. The summed E-state index contributed by atoms with van der Waals surface area (Å²) in [5, 5.41) is 14.8. The lowest BCUT2D eigenvalue weighted by Crippen LogP contribution is -2.24. The molecular formula is C25H23N3O9. The van der Waals surface area contributed by atoms with Gasteiger partial charge in [0.15, 0.2) is 23.9 Å². The quantitative estimate of drug-likeness (QED) is 0.135. The van der Waals surface area contributed by atoms with Gasteiger partial charge >= 0.3 is 11.7 Å². The Balaban J connectivity index is 1.55. The van der Waals surface area contributed by atoms with Gasteiger partial charge in [0.1, 0.15) is 5.75 Å². The fourth-order valence-corrected chi connectivity index (χ4v) is 3.07. The first kappa shape index (κ1) is 26.5. The van der Waals surface area contributed by atoms with Crippen molar-refractivity contribution < 1.29 is 38.2 Å². The maximum Gasteiger partial charge on any atom is 0.343 e. The highest BCUT2D eigenvalue weighted by molar-refractivity contribution is 5.93. The monoisotopic (exact) mass is 509 g/mol. The molecule has 0 aromatic heterocycles. The third kappa shape index (κ3) is 6.94. The van der Waals surface area contributed by atoms with Crippen LogP contribution >= 0.6 is 0 Å². The van der Waals surface area contributed by atoms with Gasteiger partial charge in [0, 0.05) is 6.07 Å². The molecule has 12 heteroatoms. The Labute approximate surface area is 211 Å². The molecule has 192 valence electrons. The fraction of sp³-hybridized carbons (Fsp3) is 0.160. The van der Waals surface area contributed by atoms with Crippen molar-refractivity contribution in [3.05, 3.63) is 81.9 Å². The Hall–Kier alpha value is -5.13. The number of carbonyl (C=O) groups is 2. The summed E-state index contributed by atoms with van der Waals surface area (Å²) in [6, 6.07) is 15.0. The third-order valence-electron chi connectivity index (χ3n) is 4.81. The van der Waals surface area contributed by atoms with Crippen molar-refractivity contribution in [1.29, 1.82) is 0 Å². The molecule has 1 amide bonds.